The zero-order chi connectivity index (χ0) is 28.8. The van der Waals surface area contributed by atoms with Crippen molar-refractivity contribution < 1.29 is 62.8 Å². The lowest BCUT2D eigenvalue weighted by molar-refractivity contribution is -1.92. The summed E-state index contributed by atoms with van der Waals surface area (Å²) < 4.78 is 63.4. The summed E-state index contributed by atoms with van der Waals surface area (Å²) in [4.78, 5) is 2.43. The minimum atomic E-state index is -4.69. The molecular weight excluding hydrogens is 538 g/mol. The number of hydrogen-bond donors (Lipinski definition) is 3. The molecule has 0 radical (unpaired) electrons. The Morgan fingerprint density at radius 2 is 1.67 bits per heavy atom. The van der Waals surface area contributed by atoms with Gasteiger partial charge in [0.2, 0.25) is 0 Å². The number of likely N-dealkylation sites (N-methyl/N-ethyl adjacent to an activating group) is 1. The van der Waals surface area contributed by atoms with Crippen LogP contribution >= 0.6 is 0 Å². The highest BCUT2D eigenvalue weighted by molar-refractivity contribution is 5.41. The van der Waals surface area contributed by atoms with Gasteiger partial charge in [-0.05, 0) is 31.7 Å². The van der Waals surface area contributed by atoms with Gasteiger partial charge in [0.15, 0.2) is 0 Å². The summed E-state index contributed by atoms with van der Waals surface area (Å²) in [5, 5.41) is 25.9. The number of hydrogen-bond acceptors (Lipinski definition) is 12. The minimum absolute atomic E-state index is 0.0262. The number of fused-ring (bicyclic) bond motifs is 2. The molecule has 5 aliphatic carbocycles. The number of nitrogens with zero attached hydrogens (tertiary/aromatic N) is 1. The Labute approximate surface area is 231 Å². The van der Waals surface area contributed by atoms with Gasteiger partial charge in [-0.1, -0.05) is 6.92 Å². The number of methoxy groups -OCH3 is 5. The van der Waals surface area contributed by atoms with E-state index in [9.17, 15) is 10.2 Å². The van der Waals surface area contributed by atoms with Gasteiger partial charge in [0, 0.05) is 77.1 Å². The van der Waals surface area contributed by atoms with E-state index in [2.05, 4.69) is 11.8 Å². The lowest BCUT2D eigenvalue weighted by Gasteiger charge is -2.70. The van der Waals surface area contributed by atoms with Gasteiger partial charge >= 0.3 is 0 Å². The average Bonchev–Trinajstić information content (AvgIpc) is 3.28. The third kappa shape index (κ3) is 3.68. The summed E-state index contributed by atoms with van der Waals surface area (Å²) in [5.41, 5.74) is -3.38. The third-order valence-corrected chi connectivity index (χ3v) is 11.7. The van der Waals surface area contributed by atoms with Crippen LogP contribution in [0.2, 0.25) is 0 Å². The highest BCUT2D eigenvalue weighted by Crippen LogP contribution is 2.80. The predicted octanol–water partition coefficient (Wildman–Crippen LogP) is -3.20. The highest BCUT2D eigenvalue weighted by Gasteiger charge is 2.91. The SMILES string of the molecule is CCN1C[C@]2(COC)CCC(OC)[C@]34C1[C@](O)([C@@H](OC)[C@H]23)[C@@]1(O)C[C@H](OC)[C@H]2C[C@@H]4C1[C@H]2OC.[O-][Cl+3]([O-])([O-])O. The molecule has 13 atom stereocenters. The van der Waals surface area contributed by atoms with Gasteiger partial charge in [-0.2, -0.15) is 14.0 Å². The second-order valence-electron chi connectivity index (χ2n) is 12.5. The van der Waals surface area contributed by atoms with Gasteiger partial charge in [-0.15, -0.1) is 0 Å². The van der Waals surface area contributed by atoms with Crippen LogP contribution in [-0.4, -0.2) is 117 Å². The predicted molar refractivity (Wildman–Crippen MR) is 126 cm³/mol. The van der Waals surface area contributed by atoms with E-state index in [1.54, 1.807) is 28.4 Å². The maximum absolute atomic E-state index is 13.1. The molecule has 1 aliphatic heterocycles. The molecule has 0 amide bonds. The third-order valence-electron chi connectivity index (χ3n) is 11.7. The minimum Gasteiger partial charge on any atom is -0.386 e. The molecule has 1 saturated heterocycles. The molecule has 39 heavy (non-hydrogen) atoms. The second kappa shape index (κ2) is 9.94. The van der Waals surface area contributed by atoms with Gasteiger partial charge in [-0.25, -0.2) is 0 Å². The first kappa shape index (κ1) is 30.3. The molecule has 1 spiro atoms. The largest absolute Gasteiger partial charge is 0.386 e. The molecule has 0 aromatic carbocycles. The lowest BCUT2D eigenvalue weighted by atomic mass is 9.42. The van der Waals surface area contributed by atoms with Gasteiger partial charge in [0.1, 0.15) is 11.2 Å². The smallest absolute Gasteiger partial charge is 0.136 e. The van der Waals surface area contributed by atoms with E-state index < -0.39 is 27.5 Å². The van der Waals surface area contributed by atoms with Crippen LogP contribution in [0.1, 0.15) is 32.6 Å². The van der Waals surface area contributed by atoms with Crippen LogP contribution in [-0.2, 0) is 23.7 Å². The van der Waals surface area contributed by atoms with E-state index in [0.717, 1.165) is 32.4 Å². The molecule has 6 aliphatic rings. The van der Waals surface area contributed by atoms with Gasteiger partial charge < -0.3 is 33.9 Å². The van der Waals surface area contributed by atoms with Crippen molar-refractivity contribution in [1.82, 2.24) is 4.90 Å². The fraction of sp³-hybridized carbons (Fsp3) is 1.00. The fourth-order valence-electron chi connectivity index (χ4n) is 11.3. The quantitative estimate of drug-likeness (QED) is 0.274. The molecule has 12 nitrogen and oxygen atoms in total. The Morgan fingerprint density at radius 3 is 2.18 bits per heavy atom. The van der Waals surface area contributed by atoms with Crippen molar-refractivity contribution in [3.8, 4) is 0 Å². The van der Waals surface area contributed by atoms with Crippen molar-refractivity contribution in [3.05, 3.63) is 0 Å². The van der Waals surface area contributed by atoms with Crippen molar-refractivity contribution in [2.45, 2.75) is 74.3 Å². The van der Waals surface area contributed by atoms with E-state index in [-0.39, 0.29) is 58.9 Å². The van der Waals surface area contributed by atoms with Crippen molar-refractivity contribution in [3.63, 3.8) is 0 Å². The average molecular weight is 582 g/mol. The van der Waals surface area contributed by atoms with Crippen LogP contribution < -0.4 is 14.0 Å². The van der Waals surface area contributed by atoms with E-state index >= 15 is 0 Å². The van der Waals surface area contributed by atoms with E-state index in [1.165, 1.54) is 0 Å². The monoisotopic (exact) mass is 581 g/mol. The number of piperidine rings is 1. The Balaban J connectivity index is 0.000000567. The summed E-state index contributed by atoms with van der Waals surface area (Å²) in [7, 11) is 4.07. The zero-order valence-corrected chi connectivity index (χ0v) is 24.3. The molecule has 226 valence electrons. The van der Waals surface area contributed by atoms with Gasteiger partial charge in [0.05, 0.1) is 52.0 Å². The first-order valence-corrected chi connectivity index (χ1v) is 15.0. The van der Waals surface area contributed by atoms with Crippen molar-refractivity contribution in [2.75, 3.05) is 55.2 Å². The molecule has 3 N–H and O–H groups in total. The number of halogens is 1. The van der Waals surface area contributed by atoms with Crippen LogP contribution in [0.5, 0.6) is 0 Å². The first-order chi connectivity index (χ1) is 18.3. The van der Waals surface area contributed by atoms with Crippen LogP contribution in [0.15, 0.2) is 0 Å². The second-order valence-corrected chi connectivity index (χ2v) is 13.3. The first-order valence-electron chi connectivity index (χ1n) is 13.7. The summed E-state index contributed by atoms with van der Waals surface area (Å²) in [6, 6.07) is -0.256. The molecule has 3 unspecified atom stereocenters. The molecule has 5 saturated carbocycles. The number of aliphatic hydroxyl groups is 2. The number of rotatable bonds is 7. The lowest BCUT2D eigenvalue weighted by Crippen LogP contribution is -2.82. The topological polar surface area (TPSA) is 179 Å². The van der Waals surface area contributed by atoms with Crippen LogP contribution in [0.25, 0.3) is 0 Å². The summed E-state index contributed by atoms with van der Waals surface area (Å²) in [6.07, 6.45) is 2.30. The Morgan fingerprint density at radius 1 is 1.00 bits per heavy atom. The molecule has 6 rings (SSSR count). The Bertz CT molecular complexity index is 919. The number of ether oxygens (including phenoxy) is 5. The summed E-state index contributed by atoms with van der Waals surface area (Å²) >= 11 is 0. The van der Waals surface area contributed by atoms with Crippen molar-refractivity contribution >= 4 is 0 Å². The van der Waals surface area contributed by atoms with Crippen molar-refractivity contribution in [2.24, 2.45) is 34.5 Å². The summed E-state index contributed by atoms with van der Waals surface area (Å²) in [5.74, 6) is 0.165. The van der Waals surface area contributed by atoms with Gasteiger partial charge in [0.25, 0.3) is 0 Å². The molecule has 0 aromatic heterocycles. The molecule has 6 fully saturated rings. The van der Waals surface area contributed by atoms with Crippen LogP contribution in [0.3, 0.4) is 0 Å². The van der Waals surface area contributed by atoms with Crippen molar-refractivity contribution in [1.29, 1.82) is 0 Å². The molecule has 13 heteroatoms. The zero-order valence-electron chi connectivity index (χ0n) is 23.6. The van der Waals surface area contributed by atoms with Crippen LogP contribution in [0, 0.1) is 44.7 Å². The fourth-order valence-corrected chi connectivity index (χ4v) is 11.3. The standard InChI is InChI=1S/C26H43NO7.ClHO4/c1-7-27-12-23(13-30-2)9-8-17(32-4)25-15-10-14-16(31-3)11-24(28,18(15)19(14)33-5)26(29,22(25)27)21(34-6)20(23)25;2-1(3,4)5/h14-22,28-29H,7-13H2,1-6H3;(H,2,3,4,5)/t14-,15-,16+,17?,18?,19+,20-,21+,22?,23+,24-,25+,26-;/m1./s1. The van der Waals surface area contributed by atoms with Gasteiger partial charge in [-0.3, -0.25) is 4.90 Å². The molecule has 7 bridgehead atoms. The normalized spacial score (nSPS) is 53.4. The van der Waals surface area contributed by atoms with Crippen LogP contribution in [0.4, 0.5) is 0 Å². The van der Waals surface area contributed by atoms with E-state index in [0.29, 0.717) is 13.0 Å². The Kier molecular flexibility index (Phi) is 7.71. The summed E-state index contributed by atoms with van der Waals surface area (Å²) in [6.45, 7) is 4.41. The Hall–Kier alpha value is -0.190. The maximum atomic E-state index is 13.1. The van der Waals surface area contributed by atoms with E-state index in [4.69, 9.17) is 42.3 Å². The maximum Gasteiger partial charge on any atom is 0.136 e. The van der Waals surface area contributed by atoms with E-state index in [1.807, 2.05) is 7.11 Å². The molecule has 0 aromatic rings. The highest BCUT2D eigenvalue weighted by atomic mass is 35.7. The molecule has 1 heterocycles. The number of likely N-dealkylation sites (tertiary alicyclic amines) is 1. The molecular formula is C26H44ClNO11.